The van der Waals surface area contributed by atoms with E-state index in [1.807, 2.05) is 30.3 Å². The lowest BCUT2D eigenvalue weighted by Gasteiger charge is -2.19. The molecular weight excluding hydrogens is 359 g/mol. The van der Waals surface area contributed by atoms with Crippen molar-refractivity contribution in [2.24, 2.45) is 0 Å². The minimum absolute atomic E-state index is 0.176. The molecule has 0 aromatic heterocycles. The largest absolute Gasteiger partial charge is 0.352 e. The highest BCUT2D eigenvalue weighted by Gasteiger charge is 2.29. The summed E-state index contributed by atoms with van der Waals surface area (Å²) >= 11 is 12.0. The molecular formula is C19H18Cl2N2O2. The zero-order chi connectivity index (χ0) is 17.8. The van der Waals surface area contributed by atoms with E-state index in [2.05, 4.69) is 10.6 Å². The van der Waals surface area contributed by atoms with Gasteiger partial charge in [-0.05, 0) is 36.6 Å². The normalized spacial score (nSPS) is 14.6. The van der Waals surface area contributed by atoms with Gasteiger partial charge in [-0.15, -0.1) is 0 Å². The Labute approximate surface area is 156 Å². The smallest absolute Gasteiger partial charge is 0.253 e. The van der Waals surface area contributed by atoms with Crippen LogP contribution in [0.15, 0.2) is 48.5 Å². The van der Waals surface area contributed by atoms with Gasteiger partial charge in [0.1, 0.15) is 6.04 Å². The first-order chi connectivity index (χ1) is 12.0. The average molecular weight is 377 g/mol. The van der Waals surface area contributed by atoms with Gasteiger partial charge in [-0.1, -0.05) is 53.5 Å². The van der Waals surface area contributed by atoms with Gasteiger partial charge in [-0.2, -0.15) is 0 Å². The summed E-state index contributed by atoms with van der Waals surface area (Å²) in [6.45, 7) is 0. The molecule has 1 aliphatic carbocycles. The standard InChI is InChI=1S/C19H18Cl2N2O2/c20-13-6-9-15(16(21)11-13)18(24)23-17(19(25)22-14-7-8-14)10-12-4-2-1-3-5-12/h1-6,9,11,14,17H,7-8,10H2,(H,22,25)(H,23,24)/t17-/m0/s1. The van der Waals surface area contributed by atoms with E-state index in [9.17, 15) is 9.59 Å². The van der Waals surface area contributed by atoms with Gasteiger partial charge in [-0.3, -0.25) is 9.59 Å². The molecule has 0 aliphatic heterocycles. The summed E-state index contributed by atoms with van der Waals surface area (Å²) in [5, 5.41) is 6.45. The monoisotopic (exact) mass is 376 g/mol. The highest BCUT2D eigenvalue weighted by atomic mass is 35.5. The van der Waals surface area contributed by atoms with E-state index < -0.39 is 11.9 Å². The summed E-state index contributed by atoms with van der Waals surface area (Å²) in [5.74, 6) is -0.571. The lowest BCUT2D eigenvalue weighted by Crippen LogP contribution is -2.48. The number of carbonyl (C=O) groups is 2. The van der Waals surface area contributed by atoms with Crippen molar-refractivity contribution < 1.29 is 9.59 Å². The van der Waals surface area contributed by atoms with Crippen LogP contribution >= 0.6 is 23.2 Å². The van der Waals surface area contributed by atoms with Crippen LogP contribution in [-0.2, 0) is 11.2 Å². The third-order valence-electron chi connectivity index (χ3n) is 4.00. The molecule has 2 amide bonds. The van der Waals surface area contributed by atoms with Crippen LogP contribution in [0.3, 0.4) is 0 Å². The predicted molar refractivity (Wildman–Crippen MR) is 99.0 cm³/mol. The quantitative estimate of drug-likeness (QED) is 0.808. The van der Waals surface area contributed by atoms with Crippen LogP contribution < -0.4 is 10.6 Å². The van der Waals surface area contributed by atoms with Crippen LogP contribution in [0, 0.1) is 0 Å². The van der Waals surface area contributed by atoms with Gasteiger partial charge in [0, 0.05) is 17.5 Å². The van der Waals surface area contributed by atoms with Crippen LogP contribution in [-0.4, -0.2) is 23.9 Å². The molecule has 0 heterocycles. The molecule has 0 unspecified atom stereocenters. The van der Waals surface area contributed by atoms with E-state index in [1.54, 1.807) is 12.1 Å². The summed E-state index contributed by atoms with van der Waals surface area (Å²) in [4.78, 5) is 25.1. The first-order valence-electron chi connectivity index (χ1n) is 8.13. The van der Waals surface area contributed by atoms with Crippen LogP contribution in [0.1, 0.15) is 28.8 Å². The predicted octanol–water partition coefficient (Wildman–Crippen LogP) is 3.61. The van der Waals surface area contributed by atoms with Crippen LogP contribution in [0.25, 0.3) is 0 Å². The van der Waals surface area contributed by atoms with E-state index in [-0.39, 0.29) is 17.0 Å². The second-order valence-electron chi connectivity index (χ2n) is 6.12. The maximum absolute atomic E-state index is 12.6. The fourth-order valence-corrected chi connectivity index (χ4v) is 2.99. The van der Waals surface area contributed by atoms with Crippen LogP contribution in [0.2, 0.25) is 10.0 Å². The maximum Gasteiger partial charge on any atom is 0.253 e. The highest BCUT2D eigenvalue weighted by molar-refractivity contribution is 6.36. The lowest BCUT2D eigenvalue weighted by molar-refractivity contribution is -0.123. The Morgan fingerprint density at radius 2 is 1.80 bits per heavy atom. The van der Waals surface area contributed by atoms with Gasteiger partial charge in [0.15, 0.2) is 0 Å². The molecule has 130 valence electrons. The average Bonchev–Trinajstić information content (AvgIpc) is 3.39. The van der Waals surface area contributed by atoms with Crippen LogP contribution in [0.5, 0.6) is 0 Å². The molecule has 2 N–H and O–H groups in total. The summed E-state index contributed by atoms with van der Waals surface area (Å²) in [6.07, 6.45) is 2.39. The fraction of sp³-hybridized carbons (Fsp3) is 0.263. The molecule has 2 aromatic carbocycles. The van der Waals surface area contributed by atoms with Crippen molar-refractivity contribution in [3.8, 4) is 0 Å². The summed E-state index contributed by atoms with van der Waals surface area (Å²) in [5.41, 5.74) is 1.27. The van der Waals surface area contributed by atoms with Gasteiger partial charge in [-0.25, -0.2) is 0 Å². The molecule has 0 spiro atoms. The van der Waals surface area contributed by atoms with Crippen molar-refractivity contribution in [1.82, 2.24) is 10.6 Å². The van der Waals surface area contributed by atoms with Gasteiger partial charge in [0.2, 0.25) is 5.91 Å². The number of benzene rings is 2. The number of halogens is 2. The number of carbonyl (C=O) groups excluding carboxylic acids is 2. The van der Waals surface area contributed by atoms with Crippen molar-refractivity contribution in [2.45, 2.75) is 31.3 Å². The molecule has 2 aromatic rings. The SMILES string of the molecule is O=C(N[C@@H](Cc1ccccc1)C(=O)NC1CC1)c1ccc(Cl)cc1Cl. The lowest BCUT2D eigenvalue weighted by atomic mass is 10.0. The fourth-order valence-electron chi connectivity index (χ4n) is 2.50. The van der Waals surface area contributed by atoms with Crippen LogP contribution in [0.4, 0.5) is 0 Å². The van der Waals surface area contributed by atoms with E-state index in [4.69, 9.17) is 23.2 Å². The molecule has 1 fully saturated rings. The molecule has 1 saturated carbocycles. The van der Waals surface area contributed by atoms with E-state index in [0.717, 1.165) is 18.4 Å². The minimum atomic E-state index is -0.665. The Balaban J connectivity index is 1.75. The zero-order valence-electron chi connectivity index (χ0n) is 13.5. The number of hydrogen-bond donors (Lipinski definition) is 2. The van der Waals surface area contributed by atoms with Gasteiger partial charge in [0.05, 0.1) is 10.6 Å². The van der Waals surface area contributed by atoms with Crippen molar-refractivity contribution in [1.29, 1.82) is 0 Å². The minimum Gasteiger partial charge on any atom is -0.352 e. The molecule has 6 heteroatoms. The maximum atomic E-state index is 12.6. The first kappa shape index (κ1) is 17.8. The van der Waals surface area contributed by atoms with Crippen molar-refractivity contribution in [2.75, 3.05) is 0 Å². The second-order valence-corrected chi connectivity index (χ2v) is 6.97. The zero-order valence-corrected chi connectivity index (χ0v) is 15.0. The van der Waals surface area contributed by atoms with E-state index in [1.165, 1.54) is 6.07 Å². The Morgan fingerprint density at radius 1 is 1.08 bits per heavy atom. The molecule has 4 nitrogen and oxygen atoms in total. The molecule has 1 atom stereocenters. The Hall–Kier alpha value is -2.04. The number of amides is 2. The Kier molecular flexibility index (Phi) is 5.61. The second kappa shape index (κ2) is 7.89. The van der Waals surface area contributed by atoms with Gasteiger partial charge >= 0.3 is 0 Å². The molecule has 0 radical (unpaired) electrons. The van der Waals surface area contributed by atoms with E-state index in [0.29, 0.717) is 17.0 Å². The number of rotatable bonds is 6. The molecule has 3 rings (SSSR count). The summed E-state index contributed by atoms with van der Waals surface area (Å²) in [7, 11) is 0. The number of hydrogen-bond acceptors (Lipinski definition) is 2. The Morgan fingerprint density at radius 3 is 2.44 bits per heavy atom. The summed E-state index contributed by atoms with van der Waals surface area (Å²) in [6, 6.07) is 13.8. The molecule has 25 heavy (non-hydrogen) atoms. The van der Waals surface area contributed by atoms with Gasteiger partial charge < -0.3 is 10.6 Å². The Bertz CT molecular complexity index is 776. The molecule has 0 saturated heterocycles. The van der Waals surface area contributed by atoms with E-state index >= 15 is 0 Å². The van der Waals surface area contributed by atoms with Gasteiger partial charge in [0.25, 0.3) is 5.91 Å². The number of nitrogens with one attached hydrogen (secondary N) is 2. The topological polar surface area (TPSA) is 58.2 Å². The summed E-state index contributed by atoms with van der Waals surface area (Å²) < 4.78 is 0. The first-order valence-corrected chi connectivity index (χ1v) is 8.89. The molecule has 1 aliphatic rings. The van der Waals surface area contributed by atoms with Crippen molar-refractivity contribution in [3.05, 3.63) is 69.7 Å². The molecule has 0 bridgehead atoms. The third kappa shape index (κ3) is 4.97. The van der Waals surface area contributed by atoms with Crippen molar-refractivity contribution in [3.63, 3.8) is 0 Å². The third-order valence-corrected chi connectivity index (χ3v) is 4.55. The van der Waals surface area contributed by atoms with Crippen molar-refractivity contribution >= 4 is 35.0 Å². The highest BCUT2D eigenvalue weighted by Crippen LogP contribution is 2.22.